The summed E-state index contributed by atoms with van der Waals surface area (Å²) in [5.41, 5.74) is 0. The van der Waals surface area contributed by atoms with Crippen molar-refractivity contribution in [3.63, 3.8) is 0 Å². The molecule has 0 amide bonds. The van der Waals surface area contributed by atoms with E-state index in [1.165, 1.54) is 5.01 Å². The fourth-order valence-electron chi connectivity index (χ4n) is 0.980. The molecule has 0 aromatic heterocycles. The molecule has 56 valence electrons. The van der Waals surface area contributed by atoms with Crippen molar-refractivity contribution < 1.29 is 0 Å². The molecule has 2 rings (SSSR count). The highest BCUT2D eigenvalue weighted by Crippen LogP contribution is 2.17. The number of hydrogen-bond donors (Lipinski definition) is 1. The summed E-state index contributed by atoms with van der Waals surface area (Å²) in [5, 5.41) is 1.52. The molecular weight excluding hydrogens is 140 g/mol. The molecule has 0 aromatic carbocycles. The molecule has 4 heteroatoms. The molecule has 11 heavy (non-hydrogen) atoms. The van der Waals surface area contributed by atoms with Crippen LogP contribution in [0, 0.1) is 0 Å². The van der Waals surface area contributed by atoms with Crippen molar-refractivity contribution >= 4 is 6.21 Å². The summed E-state index contributed by atoms with van der Waals surface area (Å²) in [6.07, 6.45) is 10.8. The third-order valence-corrected chi connectivity index (χ3v) is 1.53. The lowest BCUT2D eigenvalue weighted by molar-refractivity contribution is 0.425. The largest absolute Gasteiger partial charge is 0.306 e. The first-order valence-corrected chi connectivity index (χ1v) is 3.29. The van der Waals surface area contributed by atoms with Crippen molar-refractivity contribution in [3.8, 4) is 0 Å². The molecule has 0 bridgehead atoms. The maximum absolute atomic E-state index is 5.59. The molecule has 2 N–H and O–H groups in total. The van der Waals surface area contributed by atoms with Gasteiger partial charge in [0.25, 0.3) is 0 Å². The van der Waals surface area contributed by atoms with Crippen LogP contribution in [0.4, 0.5) is 0 Å². The van der Waals surface area contributed by atoms with Crippen LogP contribution in [0.5, 0.6) is 0 Å². The smallest absolute Gasteiger partial charge is 0.150 e. The molecule has 0 saturated heterocycles. The second-order valence-electron chi connectivity index (χ2n) is 2.24. The quantitative estimate of drug-likeness (QED) is 0.504. The maximum Gasteiger partial charge on any atom is 0.150 e. The maximum atomic E-state index is 5.59. The van der Waals surface area contributed by atoms with Gasteiger partial charge in [0.15, 0.2) is 0 Å². The van der Waals surface area contributed by atoms with Crippen LogP contribution in [0.1, 0.15) is 0 Å². The Kier molecular flexibility index (Phi) is 1.26. The van der Waals surface area contributed by atoms with E-state index in [2.05, 4.69) is 4.99 Å². The van der Waals surface area contributed by atoms with Gasteiger partial charge in [-0.3, -0.25) is 10.0 Å². The van der Waals surface area contributed by atoms with E-state index in [0.29, 0.717) is 0 Å². The standard InChI is InChI=1S/C7H8N4/c8-11-5-4-10-3-1-2-9-6-7(10)11/h1-6H,8H2. The van der Waals surface area contributed by atoms with E-state index in [1.807, 2.05) is 23.4 Å². The fraction of sp³-hybridized carbons (Fsp3) is 0. The second-order valence-corrected chi connectivity index (χ2v) is 2.24. The molecule has 0 spiro atoms. The van der Waals surface area contributed by atoms with Crippen LogP contribution in [-0.2, 0) is 0 Å². The van der Waals surface area contributed by atoms with Gasteiger partial charge in [-0.15, -0.1) is 0 Å². The summed E-state index contributed by atoms with van der Waals surface area (Å²) < 4.78 is 0. The highest BCUT2D eigenvalue weighted by atomic mass is 15.5. The molecule has 0 fully saturated rings. The molecule has 0 radical (unpaired) electrons. The Bertz CT molecular complexity index is 274. The normalized spacial score (nSPS) is 20.3. The van der Waals surface area contributed by atoms with E-state index in [4.69, 9.17) is 5.84 Å². The molecule has 2 aliphatic rings. The molecule has 0 saturated carbocycles. The molecule has 0 unspecified atom stereocenters. The Balaban J connectivity index is 2.36. The van der Waals surface area contributed by atoms with Crippen LogP contribution in [0.25, 0.3) is 0 Å². The Hall–Kier alpha value is -1.55. The van der Waals surface area contributed by atoms with Crippen LogP contribution in [0.3, 0.4) is 0 Å². The van der Waals surface area contributed by atoms with E-state index in [9.17, 15) is 0 Å². The van der Waals surface area contributed by atoms with Gasteiger partial charge in [0.05, 0.1) is 6.20 Å². The minimum atomic E-state index is 0.856. The van der Waals surface area contributed by atoms with Gasteiger partial charge in [0, 0.05) is 24.8 Å². The highest BCUT2D eigenvalue weighted by Gasteiger charge is 2.14. The number of allylic oxidation sites excluding steroid dienone is 1. The minimum Gasteiger partial charge on any atom is -0.306 e. The Morgan fingerprint density at radius 2 is 2.18 bits per heavy atom. The molecule has 2 aliphatic heterocycles. The van der Waals surface area contributed by atoms with Crippen LogP contribution < -0.4 is 5.84 Å². The third-order valence-electron chi connectivity index (χ3n) is 1.53. The summed E-state index contributed by atoms with van der Waals surface area (Å²) in [6.45, 7) is 0. The van der Waals surface area contributed by atoms with Gasteiger partial charge >= 0.3 is 0 Å². The van der Waals surface area contributed by atoms with E-state index >= 15 is 0 Å². The third kappa shape index (κ3) is 0.929. The molecule has 0 aliphatic carbocycles. The second kappa shape index (κ2) is 2.25. The average Bonchev–Trinajstić information content (AvgIpc) is 2.25. The van der Waals surface area contributed by atoms with Crippen molar-refractivity contribution in [2.24, 2.45) is 10.8 Å². The Morgan fingerprint density at radius 3 is 3.09 bits per heavy atom. The zero-order chi connectivity index (χ0) is 7.68. The molecule has 4 nitrogen and oxygen atoms in total. The summed E-state index contributed by atoms with van der Waals surface area (Å²) >= 11 is 0. The van der Waals surface area contributed by atoms with Crippen molar-refractivity contribution in [1.82, 2.24) is 9.91 Å². The van der Waals surface area contributed by atoms with E-state index < -0.39 is 0 Å². The van der Waals surface area contributed by atoms with Crippen molar-refractivity contribution in [1.29, 1.82) is 0 Å². The van der Waals surface area contributed by atoms with Gasteiger partial charge < -0.3 is 4.90 Å². The zero-order valence-electron chi connectivity index (χ0n) is 5.88. The zero-order valence-corrected chi connectivity index (χ0v) is 5.88. The van der Waals surface area contributed by atoms with Gasteiger partial charge in [0.1, 0.15) is 5.82 Å². The van der Waals surface area contributed by atoms with E-state index in [1.54, 1.807) is 18.6 Å². The van der Waals surface area contributed by atoms with Crippen LogP contribution in [-0.4, -0.2) is 16.1 Å². The Morgan fingerprint density at radius 1 is 1.27 bits per heavy atom. The average molecular weight is 148 g/mol. The SMILES string of the molecule is NN1C=CN2C=CC=NC=C12. The van der Waals surface area contributed by atoms with Crippen LogP contribution in [0.15, 0.2) is 41.7 Å². The molecular formula is C7H8N4. The van der Waals surface area contributed by atoms with Crippen molar-refractivity contribution in [2.75, 3.05) is 0 Å². The number of rotatable bonds is 0. The first-order chi connectivity index (χ1) is 5.38. The summed E-state index contributed by atoms with van der Waals surface area (Å²) in [4.78, 5) is 5.88. The predicted octanol–water partition coefficient (Wildman–Crippen LogP) is 0.346. The predicted molar refractivity (Wildman–Crippen MR) is 42.7 cm³/mol. The van der Waals surface area contributed by atoms with Gasteiger partial charge in [-0.1, -0.05) is 0 Å². The van der Waals surface area contributed by atoms with Gasteiger partial charge in [-0.05, 0) is 6.08 Å². The van der Waals surface area contributed by atoms with Gasteiger partial charge in [-0.25, -0.2) is 5.84 Å². The molecule has 0 aromatic rings. The topological polar surface area (TPSA) is 44.9 Å². The first kappa shape index (κ1) is 6.18. The number of hydrazine groups is 1. The van der Waals surface area contributed by atoms with Gasteiger partial charge in [-0.2, -0.15) is 0 Å². The minimum absolute atomic E-state index is 0.856. The number of aliphatic imine (C=N–C) groups is 1. The first-order valence-electron chi connectivity index (χ1n) is 3.29. The number of nitrogens with zero attached hydrogens (tertiary/aromatic N) is 3. The summed E-state index contributed by atoms with van der Waals surface area (Å²) in [7, 11) is 0. The van der Waals surface area contributed by atoms with E-state index in [-0.39, 0.29) is 0 Å². The van der Waals surface area contributed by atoms with E-state index in [0.717, 1.165) is 5.82 Å². The monoisotopic (exact) mass is 148 g/mol. The molecule has 0 atom stereocenters. The number of hydrogen-bond acceptors (Lipinski definition) is 4. The lowest BCUT2D eigenvalue weighted by Crippen LogP contribution is -2.25. The lowest BCUT2D eigenvalue weighted by atomic mass is 10.6. The lowest BCUT2D eigenvalue weighted by Gasteiger charge is -2.15. The van der Waals surface area contributed by atoms with Crippen molar-refractivity contribution in [3.05, 3.63) is 36.7 Å². The van der Waals surface area contributed by atoms with Crippen LogP contribution >= 0.6 is 0 Å². The molecule has 2 heterocycles. The van der Waals surface area contributed by atoms with Crippen molar-refractivity contribution in [2.45, 2.75) is 0 Å². The number of fused-ring (bicyclic) bond motifs is 1. The van der Waals surface area contributed by atoms with Gasteiger partial charge in [0.2, 0.25) is 0 Å². The number of nitrogens with two attached hydrogens (primary N) is 1. The fourth-order valence-corrected chi connectivity index (χ4v) is 0.980. The summed E-state index contributed by atoms with van der Waals surface area (Å²) in [6, 6.07) is 0. The Labute approximate surface area is 64.6 Å². The van der Waals surface area contributed by atoms with Crippen LogP contribution in [0.2, 0.25) is 0 Å². The highest BCUT2D eigenvalue weighted by molar-refractivity contribution is 5.72. The summed E-state index contributed by atoms with van der Waals surface area (Å²) in [5.74, 6) is 6.44.